The van der Waals surface area contributed by atoms with Crippen molar-refractivity contribution in [3.8, 4) is 0 Å². The molecule has 2 N–H and O–H groups in total. The van der Waals surface area contributed by atoms with Crippen molar-refractivity contribution in [2.45, 2.75) is 25.3 Å². The molecule has 0 spiro atoms. The molecular formula is C14H14N2O2S. The van der Waals surface area contributed by atoms with Crippen LogP contribution in [-0.2, 0) is 24.1 Å². The second kappa shape index (κ2) is 5.01. The van der Waals surface area contributed by atoms with E-state index in [0.717, 1.165) is 18.0 Å². The van der Waals surface area contributed by atoms with Crippen LogP contribution < -0.4 is 5.32 Å². The van der Waals surface area contributed by atoms with Gasteiger partial charge in [0.05, 0.1) is 12.1 Å². The number of nitrogens with zero attached hydrogens (tertiary/aromatic N) is 1. The van der Waals surface area contributed by atoms with E-state index in [9.17, 15) is 4.79 Å². The summed E-state index contributed by atoms with van der Waals surface area (Å²) >= 11 is 1.47. The van der Waals surface area contributed by atoms with Crippen LogP contribution in [0.25, 0.3) is 0 Å². The predicted molar refractivity (Wildman–Crippen MR) is 74.7 cm³/mol. The van der Waals surface area contributed by atoms with Crippen LogP contribution in [0, 0.1) is 0 Å². The number of carboxylic acids is 1. The van der Waals surface area contributed by atoms with Crippen molar-refractivity contribution in [3.63, 3.8) is 0 Å². The van der Waals surface area contributed by atoms with Crippen LogP contribution in [-0.4, -0.2) is 22.1 Å². The van der Waals surface area contributed by atoms with Gasteiger partial charge in [-0.25, -0.2) is 4.98 Å². The van der Waals surface area contributed by atoms with E-state index in [1.807, 2.05) is 0 Å². The largest absolute Gasteiger partial charge is 0.481 e. The second-order valence-corrected chi connectivity index (χ2v) is 5.59. The van der Waals surface area contributed by atoms with Crippen LogP contribution in [0.3, 0.4) is 0 Å². The molecule has 4 nitrogen and oxygen atoms in total. The third-order valence-electron chi connectivity index (χ3n) is 3.26. The lowest BCUT2D eigenvalue weighted by Gasteiger charge is -2.09. The number of thiazole rings is 1. The van der Waals surface area contributed by atoms with Gasteiger partial charge in [0.15, 0.2) is 5.13 Å². The molecule has 1 heterocycles. The third kappa shape index (κ3) is 2.76. The van der Waals surface area contributed by atoms with Crippen LogP contribution >= 0.6 is 11.3 Å². The number of fused-ring (bicyclic) bond motifs is 1. The molecule has 0 radical (unpaired) electrons. The highest BCUT2D eigenvalue weighted by Crippen LogP contribution is 2.25. The molecule has 2 aromatic rings. The Kier molecular flexibility index (Phi) is 3.21. The molecule has 0 saturated carbocycles. The Morgan fingerprint density at radius 3 is 2.68 bits per heavy atom. The number of aliphatic carboxylic acids is 1. The van der Waals surface area contributed by atoms with Gasteiger partial charge in [0.1, 0.15) is 0 Å². The van der Waals surface area contributed by atoms with E-state index < -0.39 is 5.97 Å². The summed E-state index contributed by atoms with van der Waals surface area (Å²) in [4.78, 5) is 14.9. The summed E-state index contributed by atoms with van der Waals surface area (Å²) < 4.78 is 0. The van der Waals surface area contributed by atoms with Crippen LogP contribution in [0.1, 0.15) is 16.8 Å². The van der Waals surface area contributed by atoms with Crippen molar-refractivity contribution >= 4 is 22.4 Å². The van der Waals surface area contributed by atoms with Gasteiger partial charge < -0.3 is 10.4 Å². The monoisotopic (exact) mass is 274 g/mol. The van der Waals surface area contributed by atoms with Gasteiger partial charge >= 0.3 is 5.97 Å². The quantitative estimate of drug-likeness (QED) is 0.898. The zero-order chi connectivity index (χ0) is 13.2. The Bertz CT molecular complexity index is 584. The van der Waals surface area contributed by atoms with Crippen molar-refractivity contribution in [1.29, 1.82) is 0 Å². The highest BCUT2D eigenvalue weighted by Gasteiger charge is 2.21. The van der Waals surface area contributed by atoms with Crippen LogP contribution in [0.4, 0.5) is 5.13 Å². The number of anilines is 1. The molecule has 1 aliphatic carbocycles. The zero-order valence-corrected chi connectivity index (χ0v) is 11.1. The highest BCUT2D eigenvalue weighted by atomic mass is 32.1. The highest BCUT2D eigenvalue weighted by molar-refractivity contribution is 7.13. The Hall–Kier alpha value is -1.88. The van der Waals surface area contributed by atoms with Crippen molar-refractivity contribution < 1.29 is 9.90 Å². The Morgan fingerprint density at radius 2 is 2.05 bits per heavy atom. The molecule has 1 aliphatic rings. The summed E-state index contributed by atoms with van der Waals surface area (Å²) in [7, 11) is 0. The molecule has 0 bridgehead atoms. The first-order chi connectivity index (χ1) is 9.20. The minimum Gasteiger partial charge on any atom is -0.481 e. The lowest BCUT2D eigenvalue weighted by molar-refractivity contribution is -0.136. The zero-order valence-electron chi connectivity index (χ0n) is 10.3. The molecule has 0 fully saturated rings. The number of benzene rings is 1. The smallest absolute Gasteiger partial charge is 0.309 e. The lowest BCUT2D eigenvalue weighted by atomic mass is 10.1. The van der Waals surface area contributed by atoms with Gasteiger partial charge in [0, 0.05) is 11.4 Å². The molecule has 3 rings (SSSR count). The second-order valence-electron chi connectivity index (χ2n) is 4.73. The minimum absolute atomic E-state index is 0.0108. The first kappa shape index (κ1) is 12.2. The van der Waals surface area contributed by atoms with Gasteiger partial charge in [-0.15, -0.1) is 11.3 Å². The van der Waals surface area contributed by atoms with Crippen molar-refractivity contribution in [3.05, 3.63) is 46.5 Å². The number of carbonyl (C=O) groups is 1. The number of aromatic nitrogens is 1. The van der Waals surface area contributed by atoms with Gasteiger partial charge in [-0.1, -0.05) is 24.3 Å². The predicted octanol–water partition coefficient (Wildman–Crippen LogP) is 2.35. The summed E-state index contributed by atoms with van der Waals surface area (Å²) in [5.41, 5.74) is 3.40. The molecule has 19 heavy (non-hydrogen) atoms. The minimum atomic E-state index is -0.842. The van der Waals surface area contributed by atoms with E-state index in [0.29, 0.717) is 11.7 Å². The Labute approximate surface area is 115 Å². The van der Waals surface area contributed by atoms with E-state index in [1.165, 1.54) is 22.5 Å². The molecule has 0 atom stereocenters. The van der Waals surface area contributed by atoms with Gasteiger partial charge in [0.25, 0.3) is 0 Å². The maximum atomic E-state index is 10.6. The Balaban J connectivity index is 1.64. The van der Waals surface area contributed by atoms with Gasteiger partial charge in [-0.05, 0) is 24.0 Å². The van der Waals surface area contributed by atoms with Crippen molar-refractivity contribution in [2.24, 2.45) is 0 Å². The fourth-order valence-corrected chi connectivity index (χ4v) is 3.23. The normalized spacial score (nSPS) is 14.3. The maximum Gasteiger partial charge on any atom is 0.309 e. The molecule has 0 unspecified atom stereocenters. The molecule has 0 aliphatic heterocycles. The van der Waals surface area contributed by atoms with Crippen LogP contribution in [0.15, 0.2) is 29.6 Å². The van der Waals surface area contributed by atoms with Crippen LogP contribution in [0.5, 0.6) is 0 Å². The standard InChI is InChI=1S/C14H14N2O2S/c17-13(18)7-12-8-19-14(16-12)15-11-5-9-3-1-2-4-10(9)6-11/h1-4,8,11H,5-7H2,(H,15,16)(H,17,18). The first-order valence-corrected chi connectivity index (χ1v) is 7.08. The van der Waals surface area contributed by atoms with E-state index in [2.05, 4.69) is 34.6 Å². The van der Waals surface area contributed by atoms with Gasteiger partial charge in [-0.2, -0.15) is 0 Å². The topological polar surface area (TPSA) is 62.2 Å². The van der Waals surface area contributed by atoms with E-state index >= 15 is 0 Å². The average Bonchev–Trinajstić information content (AvgIpc) is 2.94. The van der Waals surface area contributed by atoms with Crippen molar-refractivity contribution in [2.75, 3.05) is 5.32 Å². The molecule has 98 valence electrons. The fraction of sp³-hybridized carbons (Fsp3) is 0.286. The van der Waals surface area contributed by atoms with E-state index in [4.69, 9.17) is 5.11 Å². The SMILES string of the molecule is O=C(O)Cc1csc(NC2Cc3ccccc3C2)n1. The lowest BCUT2D eigenvalue weighted by Crippen LogP contribution is -2.19. The number of hydrogen-bond donors (Lipinski definition) is 2. The Morgan fingerprint density at radius 1 is 1.37 bits per heavy atom. The summed E-state index contributed by atoms with van der Waals surface area (Å²) in [6.45, 7) is 0. The number of rotatable bonds is 4. The summed E-state index contributed by atoms with van der Waals surface area (Å²) in [6, 6.07) is 8.82. The summed E-state index contributed by atoms with van der Waals surface area (Å²) in [6.07, 6.45) is 2.00. The molecule has 5 heteroatoms. The summed E-state index contributed by atoms with van der Waals surface area (Å²) in [5.74, 6) is -0.842. The summed E-state index contributed by atoms with van der Waals surface area (Å²) in [5, 5.41) is 14.7. The number of nitrogens with one attached hydrogen (secondary N) is 1. The fourth-order valence-electron chi connectivity index (χ4n) is 2.44. The molecular weight excluding hydrogens is 260 g/mol. The third-order valence-corrected chi connectivity index (χ3v) is 4.09. The van der Waals surface area contributed by atoms with Gasteiger partial charge in [-0.3, -0.25) is 4.79 Å². The number of carboxylic acid groups (broad SMARTS) is 1. The average molecular weight is 274 g/mol. The molecule has 1 aromatic heterocycles. The van der Waals surface area contributed by atoms with Gasteiger partial charge in [0.2, 0.25) is 0 Å². The van der Waals surface area contributed by atoms with E-state index in [-0.39, 0.29) is 6.42 Å². The van der Waals surface area contributed by atoms with Crippen LogP contribution in [0.2, 0.25) is 0 Å². The number of hydrogen-bond acceptors (Lipinski definition) is 4. The maximum absolute atomic E-state index is 10.6. The van der Waals surface area contributed by atoms with E-state index in [1.54, 1.807) is 5.38 Å². The molecule has 0 saturated heterocycles. The molecule has 0 amide bonds. The molecule has 1 aromatic carbocycles. The first-order valence-electron chi connectivity index (χ1n) is 6.20. The van der Waals surface area contributed by atoms with Crippen molar-refractivity contribution in [1.82, 2.24) is 4.98 Å².